The van der Waals surface area contributed by atoms with Crippen LogP contribution in [0.4, 0.5) is 23.0 Å². The average Bonchev–Trinajstić information content (AvgIpc) is 3.46. The lowest BCUT2D eigenvalue weighted by Crippen LogP contribution is -2.31. The van der Waals surface area contributed by atoms with Gasteiger partial charge in [-0.05, 0) is 98.8 Å². The minimum absolute atomic E-state index is 0.0829. The van der Waals surface area contributed by atoms with Crippen molar-refractivity contribution in [3.63, 3.8) is 0 Å². The summed E-state index contributed by atoms with van der Waals surface area (Å²) in [5, 5.41) is 0.471. The fourth-order valence-corrected chi connectivity index (χ4v) is 8.22. The Hall–Kier alpha value is -4.83. The molecule has 0 atom stereocenters. The number of anilines is 4. The Kier molecular flexibility index (Phi) is 8.48. The zero-order valence-electron chi connectivity index (χ0n) is 25.0. The molecule has 0 saturated heterocycles. The highest BCUT2D eigenvalue weighted by Crippen LogP contribution is 2.42. The molecule has 0 fully saturated rings. The maximum Gasteiger partial charge on any atom is 0.269 e. The smallest absolute Gasteiger partial charge is 0.269 e. The minimum Gasteiger partial charge on any atom is -0.280 e. The monoisotopic (exact) mass is 667 g/mol. The lowest BCUT2D eigenvalue weighted by atomic mass is 10.2. The van der Waals surface area contributed by atoms with E-state index < -0.39 is 20.0 Å². The van der Waals surface area contributed by atoms with Gasteiger partial charge in [0.2, 0.25) is 0 Å². The Morgan fingerprint density at radius 1 is 0.478 bits per heavy atom. The second-order valence-corrected chi connectivity index (χ2v) is 14.7. The van der Waals surface area contributed by atoms with Crippen molar-refractivity contribution in [3.8, 4) is 5.69 Å². The molecule has 0 aliphatic heterocycles. The van der Waals surface area contributed by atoms with E-state index in [0.29, 0.717) is 22.1 Å². The molecular weight excluding hydrogens is 638 g/mol. The van der Waals surface area contributed by atoms with Crippen molar-refractivity contribution in [3.05, 3.63) is 162 Å². The summed E-state index contributed by atoms with van der Waals surface area (Å²) < 4.78 is 62.3. The third-order valence-corrected chi connectivity index (χ3v) is 11.2. The number of aromatic nitrogens is 1. The normalized spacial score (nSPS) is 11.7. The molecule has 0 aliphatic carbocycles. The fraction of sp³-hybridized carbons (Fsp3) is 0.0556. The predicted molar refractivity (Wildman–Crippen MR) is 185 cm³/mol. The Labute approximate surface area is 274 Å². The van der Waals surface area contributed by atoms with Gasteiger partial charge in [-0.3, -0.25) is 4.57 Å². The van der Waals surface area contributed by atoms with Gasteiger partial charge in [0.05, 0.1) is 21.2 Å². The number of hydrogen-bond donors (Lipinski definition) is 0. The number of halogens is 1. The van der Waals surface area contributed by atoms with Crippen molar-refractivity contribution in [1.29, 1.82) is 0 Å². The first-order valence-corrected chi connectivity index (χ1v) is 17.6. The summed E-state index contributed by atoms with van der Waals surface area (Å²) in [6.45, 7) is 3.77. The Morgan fingerprint density at radius 2 is 0.848 bits per heavy atom. The zero-order valence-corrected chi connectivity index (χ0v) is 27.4. The summed E-state index contributed by atoms with van der Waals surface area (Å²) in [6, 6.07) is 40.6. The molecule has 5 aromatic carbocycles. The molecule has 6 aromatic rings. The number of para-hydroxylation sites is 2. The fourth-order valence-electron chi connectivity index (χ4n) is 5.13. The molecule has 6 rings (SSSR count). The quantitative estimate of drug-likeness (QED) is 0.154. The van der Waals surface area contributed by atoms with Gasteiger partial charge >= 0.3 is 0 Å². The van der Waals surface area contributed by atoms with Crippen LogP contribution in [0.15, 0.2) is 155 Å². The van der Waals surface area contributed by atoms with Gasteiger partial charge in [-0.2, -0.15) is 0 Å². The van der Waals surface area contributed by atoms with E-state index in [1.165, 1.54) is 8.61 Å². The van der Waals surface area contributed by atoms with E-state index in [2.05, 4.69) is 0 Å². The number of aryl methyl sites for hydroxylation is 2. The molecule has 0 N–H and O–H groups in total. The molecule has 46 heavy (non-hydrogen) atoms. The van der Waals surface area contributed by atoms with Gasteiger partial charge in [0.15, 0.2) is 0 Å². The summed E-state index contributed by atoms with van der Waals surface area (Å²) in [7, 11) is -8.43. The van der Waals surface area contributed by atoms with Crippen LogP contribution in [0.25, 0.3) is 5.69 Å². The van der Waals surface area contributed by atoms with E-state index in [1.807, 2.05) is 13.8 Å². The lowest BCUT2D eigenvalue weighted by Gasteiger charge is -2.30. The number of rotatable bonds is 9. The highest BCUT2D eigenvalue weighted by molar-refractivity contribution is 7.93. The number of nitrogens with zero attached hydrogens (tertiary/aromatic N) is 3. The number of benzene rings is 5. The van der Waals surface area contributed by atoms with Gasteiger partial charge in [-0.15, -0.1) is 0 Å². The Bertz CT molecular complexity index is 2050. The molecule has 0 saturated carbocycles. The van der Waals surface area contributed by atoms with Crippen LogP contribution in [0.3, 0.4) is 0 Å². The van der Waals surface area contributed by atoms with Crippen molar-refractivity contribution >= 4 is 54.7 Å². The Morgan fingerprint density at radius 3 is 1.22 bits per heavy atom. The average molecular weight is 668 g/mol. The van der Waals surface area contributed by atoms with Crippen LogP contribution >= 0.6 is 11.6 Å². The topological polar surface area (TPSA) is 79.7 Å². The molecule has 1 heterocycles. The van der Waals surface area contributed by atoms with E-state index in [4.69, 9.17) is 11.6 Å². The molecule has 0 unspecified atom stereocenters. The van der Waals surface area contributed by atoms with Gasteiger partial charge in [-0.1, -0.05) is 83.4 Å². The summed E-state index contributed by atoms with van der Waals surface area (Å²) >= 11 is 6.28. The minimum atomic E-state index is -4.21. The standard InChI is InChI=1S/C36H30ClN3O4S2/c1-27-13-21-33(22-14-27)45(41,42)39(31-9-5-3-6-10-31)35-25-26-36(38(35)30-19-17-29(37)18-20-30)40(32-11-7-4-8-12-32)46(43,44)34-23-15-28(2)16-24-34/h3-26H,1-2H3. The van der Waals surface area contributed by atoms with E-state index in [-0.39, 0.29) is 21.4 Å². The molecule has 7 nitrogen and oxygen atoms in total. The van der Waals surface area contributed by atoms with Crippen LogP contribution in [0.5, 0.6) is 0 Å². The molecule has 232 valence electrons. The van der Waals surface area contributed by atoms with Crippen molar-refractivity contribution in [2.24, 2.45) is 0 Å². The third-order valence-electron chi connectivity index (χ3n) is 7.44. The maximum atomic E-state index is 14.5. The van der Waals surface area contributed by atoms with Gasteiger partial charge < -0.3 is 0 Å². The van der Waals surface area contributed by atoms with Gasteiger partial charge in [0.25, 0.3) is 20.0 Å². The van der Waals surface area contributed by atoms with Crippen LogP contribution in [-0.2, 0) is 20.0 Å². The van der Waals surface area contributed by atoms with E-state index in [0.717, 1.165) is 11.1 Å². The second kappa shape index (κ2) is 12.5. The predicted octanol–water partition coefficient (Wildman–Crippen LogP) is 8.80. The largest absolute Gasteiger partial charge is 0.280 e. The Balaban J connectivity index is 1.67. The van der Waals surface area contributed by atoms with Crippen molar-refractivity contribution in [2.45, 2.75) is 23.6 Å². The SMILES string of the molecule is Cc1ccc(S(=O)(=O)N(c2ccccc2)c2ccc(N(c3ccccc3)S(=O)(=O)c3ccc(C)cc3)n2-c2ccc(Cl)cc2)cc1. The molecule has 0 spiro atoms. The maximum absolute atomic E-state index is 14.5. The van der Waals surface area contributed by atoms with Crippen molar-refractivity contribution in [1.82, 2.24) is 4.57 Å². The molecule has 0 aliphatic rings. The molecule has 0 radical (unpaired) electrons. The van der Waals surface area contributed by atoms with Crippen LogP contribution in [-0.4, -0.2) is 21.4 Å². The first kappa shape index (κ1) is 31.2. The highest BCUT2D eigenvalue weighted by atomic mass is 35.5. The van der Waals surface area contributed by atoms with Gasteiger partial charge in [0, 0.05) is 10.7 Å². The van der Waals surface area contributed by atoms with Crippen molar-refractivity contribution < 1.29 is 16.8 Å². The molecule has 0 amide bonds. The molecule has 10 heteroatoms. The number of sulfonamides is 2. The highest BCUT2D eigenvalue weighted by Gasteiger charge is 2.35. The summed E-state index contributed by atoms with van der Waals surface area (Å²) in [6.07, 6.45) is 0. The lowest BCUT2D eigenvalue weighted by molar-refractivity contribution is 0.594. The van der Waals surface area contributed by atoms with Crippen LogP contribution in [0, 0.1) is 13.8 Å². The molecular formula is C36H30ClN3O4S2. The van der Waals surface area contributed by atoms with Gasteiger partial charge in [0.1, 0.15) is 11.6 Å². The van der Waals surface area contributed by atoms with E-state index in [1.54, 1.807) is 150 Å². The first-order chi connectivity index (χ1) is 22.1. The third kappa shape index (κ3) is 5.92. The van der Waals surface area contributed by atoms with Crippen LogP contribution in [0.2, 0.25) is 5.02 Å². The zero-order chi connectivity index (χ0) is 32.5. The van der Waals surface area contributed by atoms with Crippen LogP contribution < -0.4 is 8.61 Å². The summed E-state index contributed by atoms with van der Waals surface area (Å²) in [5.41, 5.74) is 3.07. The molecule has 0 bridgehead atoms. The van der Waals surface area contributed by atoms with E-state index >= 15 is 0 Å². The summed E-state index contributed by atoms with van der Waals surface area (Å²) in [5.74, 6) is 0.397. The van der Waals surface area contributed by atoms with E-state index in [9.17, 15) is 16.8 Å². The molecule has 1 aromatic heterocycles. The van der Waals surface area contributed by atoms with Crippen LogP contribution in [0.1, 0.15) is 11.1 Å². The van der Waals surface area contributed by atoms with Crippen molar-refractivity contribution in [2.75, 3.05) is 8.61 Å². The second-order valence-electron chi connectivity index (χ2n) is 10.7. The number of hydrogen-bond acceptors (Lipinski definition) is 4. The summed E-state index contributed by atoms with van der Waals surface area (Å²) in [4.78, 5) is 0.166. The first-order valence-electron chi connectivity index (χ1n) is 14.4. The van der Waals surface area contributed by atoms with Gasteiger partial charge in [-0.25, -0.2) is 25.4 Å².